The number of benzene rings is 2. The first-order valence-electron chi connectivity index (χ1n) is 8.12. The zero-order valence-electron chi connectivity index (χ0n) is 13.8. The summed E-state index contributed by atoms with van der Waals surface area (Å²) in [4.78, 5) is 11.8. The minimum absolute atomic E-state index is 0.120. The van der Waals surface area contributed by atoms with Gasteiger partial charge in [0, 0.05) is 11.8 Å². The van der Waals surface area contributed by atoms with Crippen molar-refractivity contribution in [3.05, 3.63) is 76.7 Å². The quantitative estimate of drug-likeness (QED) is 0.511. The Morgan fingerprint density at radius 1 is 0.833 bits per heavy atom. The molecule has 4 atom stereocenters. The molecular formula is C19H21N3O2. The van der Waals surface area contributed by atoms with Gasteiger partial charge in [0.25, 0.3) is 0 Å². The van der Waals surface area contributed by atoms with E-state index in [1.54, 1.807) is 5.01 Å². The van der Waals surface area contributed by atoms with Gasteiger partial charge in [0.1, 0.15) is 0 Å². The fourth-order valence-corrected chi connectivity index (χ4v) is 3.84. The van der Waals surface area contributed by atoms with Gasteiger partial charge in [-0.3, -0.25) is 0 Å². The number of rotatable bonds is 3. The molecule has 1 fully saturated rings. The zero-order valence-corrected chi connectivity index (χ0v) is 13.8. The second kappa shape index (κ2) is 6.83. The smallest absolute Gasteiger partial charge is 0.0838 e. The van der Waals surface area contributed by atoms with Crippen molar-refractivity contribution in [1.29, 1.82) is 0 Å². The summed E-state index contributed by atoms with van der Waals surface area (Å²) >= 11 is 0. The van der Waals surface area contributed by atoms with Crippen molar-refractivity contribution >= 4 is 5.71 Å². The molecule has 1 saturated heterocycles. The van der Waals surface area contributed by atoms with E-state index in [1.807, 2.05) is 74.5 Å². The van der Waals surface area contributed by atoms with Crippen LogP contribution in [0.15, 0.2) is 71.1 Å². The Bertz CT molecular complexity index is 662. The standard InChI is InChI=1S/C19H21N3O2/c1-13-17(20-23)14(2)19(16-11-7-4-8-12-16)22(21-24)18(13)15-9-5-3-6-10-15/h3-14,18-19,23H,1-2H3/t13-,14-,18-,19+/m1/s1. The van der Waals surface area contributed by atoms with Gasteiger partial charge in [-0.05, 0) is 11.1 Å². The van der Waals surface area contributed by atoms with Crippen LogP contribution in [0.3, 0.4) is 0 Å². The molecule has 1 N–H and O–H groups in total. The van der Waals surface area contributed by atoms with Crippen LogP contribution in [0.5, 0.6) is 0 Å². The van der Waals surface area contributed by atoms with Gasteiger partial charge in [-0.1, -0.05) is 79.7 Å². The predicted octanol–water partition coefficient (Wildman–Crippen LogP) is 4.57. The lowest BCUT2D eigenvalue weighted by atomic mass is 9.75. The van der Waals surface area contributed by atoms with Crippen LogP contribution >= 0.6 is 0 Å². The SMILES string of the molecule is C[C@@H]1C(=NO)[C@@H](C)[C@H](c2ccccc2)N(N=O)[C@@H]1c1ccccc1. The van der Waals surface area contributed by atoms with Gasteiger partial charge in [0.15, 0.2) is 0 Å². The predicted molar refractivity (Wildman–Crippen MR) is 93.5 cm³/mol. The Kier molecular flexibility index (Phi) is 4.60. The number of nitrogens with zero attached hydrogens (tertiary/aromatic N) is 3. The van der Waals surface area contributed by atoms with Crippen LogP contribution in [0.2, 0.25) is 0 Å². The number of piperidine rings is 1. The molecule has 0 saturated carbocycles. The average molecular weight is 323 g/mol. The number of hydrogen-bond acceptors (Lipinski definition) is 4. The van der Waals surface area contributed by atoms with Crippen molar-refractivity contribution in [1.82, 2.24) is 5.01 Å². The van der Waals surface area contributed by atoms with E-state index in [1.165, 1.54) is 0 Å². The highest BCUT2D eigenvalue weighted by molar-refractivity contribution is 5.90. The summed E-state index contributed by atoms with van der Waals surface area (Å²) in [7, 11) is 0. The molecule has 0 amide bonds. The lowest BCUT2D eigenvalue weighted by Gasteiger charge is -2.45. The van der Waals surface area contributed by atoms with E-state index < -0.39 is 0 Å². The molecule has 1 heterocycles. The highest BCUT2D eigenvalue weighted by Gasteiger charge is 2.45. The normalized spacial score (nSPS) is 28.8. The Hall–Kier alpha value is -2.69. The highest BCUT2D eigenvalue weighted by Crippen LogP contribution is 2.46. The van der Waals surface area contributed by atoms with Gasteiger partial charge >= 0.3 is 0 Å². The molecule has 2 aromatic rings. The molecule has 5 heteroatoms. The second-order valence-electron chi connectivity index (χ2n) is 6.27. The van der Waals surface area contributed by atoms with Crippen molar-refractivity contribution in [3.63, 3.8) is 0 Å². The maximum Gasteiger partial charge on any atom is 0.0838 e. The molecule has 0 unspecified atom stereocenters. The summed E-state index contributed by atoms with van der Waals surface area (Å²) in [5, 5.41) is 18.2. The molecule has 5 nitrogen and oxygen atoms in total. The van der Waals surface area contributed by atoms with Crippen molar-refractivity contribution < 1.29 is 5.21 Å². The Balaban J connectivity index is 2.13. The fraction of sp³-hybridized carbons (Fsp3) is 0.316. The lowest BCUT2D eigenvalue weighted by Crippen LogP contribution is -2.46. The average Bonchev–Trinajstić information content (AvgIpc) is 2.63. The van der Waals surface area contributed by atoms with Crippen LogP contribution in [0.1, 0.15) is 37.1 Å². The number of hydrogen-bond donors (Lipinski definition) is 1. The van der Waals surface area contributed by atoms with E-state index >= 15 is 0 Å². The van der Waals surface area contributed by atoms with Gasteiger partial charge in [0.2, 0.25) is 0 Å². The molecule has 0 spiro atoms. The number of nitroso groups, excluding NO2 is 1. The highest BCUT2D eigenvalue weighted by atomic mass is 16.4. The maximum absolute atomic E-state index is 11.8. The molecule has 0 radical (unpaired) electrons. The zero-order chi connectivity index (χ0) is 17.1. The van der Waals surface area contributed by atoms with Gasteiger partial charge in [-0.25, -0.2) is 5.01 Å². The molecule has 2 aromatic carbocycles. The fourth-order valence-electron chi connectivity index (χ4n) is 3.84. The maximum atomic E-state index is 11.8. The van der Waals surface area contributed by atoms with E-state index in [9.17, 15) is 10.1 Å². The minimum atomic E-state index is -0.268. The van der Waals surface area contributed by atoms with Crippen LogP contribution in [0.4, 0.5) is 0 Å². The Morgan fingerprint density at radius 2 is 1.25 bits per heavy atom. The third kappa shape index (κ3) is 2.66. The van der Waals surface area contributed by atoms with Crippen molar-refractivity contribution in [2.75, 3.05) is 0 Å². The van der Waals surface area contributed by atoms with Crippen LogP contribution in [-0.4, -0.2) is 15.9 Å². The topological polar surface area (TPSA) is 65.3 Å². The van der Waals surface area contributed by atoms with E-state index in [4.69, 9.17) is 0 Å². The summed E-state index contributed by atoms with van der Waals surface area (Å²) in [6.45, 7) is 3.95. The molecule has 0 bridgehead atoms. The molecular weight excluding hydrogens is 302 g/mol. The van der Waals surface area contributed by atoms with Gasteiger partial charge in [-0.15, -0.1) is 4.91 Å². The second-order valence-corrected chi connectivity index (χ2v) is 6.27. The summed E-state index contributed by atoms with van der Waals surface area (Å²) < 4.78 is 0. The van der Waals surface area contributed by atoms with Crippen LogP contribution in [0, 0.1) is 16.7 Å². The molecule has 0 aromatic heterocycles. The largest absolute Gasteiger partial charge is 0.411 e. The monoisotopic (exact) mass is 323 g/mol. The van der Waals surface area contributed by atoms with Gasteiger partial charge < -0.3 is 5.21 Å². The minimum Gasteiger partial charge on any atom is -0.411 e. The molecule has 1 aliphatic heterocycles. The molecule has 24 heavy (non-hydrogen) atoms. The third-order valence-corrected chi connectivity index (χ3v) is 4.94. The summed E-state index contributed by atoms with van der Waals surface area (Å²) in [5.41, 5.74) is 2.66. The molecule has 3 rings (SSSR count). The van der Waals surface area contributed by atoms with Crippen molar-refractivity contribution in [2.45, 2.75) is 25.9 Å². The molecule has 1 aliphatic rings. The van der Waals surface area contributed by atoms with Crippen LogP contribution in [0.25, 0.3) is 0 Å². The van der Waals surface area contributed by atoms with E-state index in [0.29, 0.717) is 5.71 Å². The lowest BCUT2D eigenvalue weighted by molar-refractivity contribution is 0.0692. The summed E-state index contributed by atoms with van der Waals surface area (Å²) in [6.07, 6.45) is 0. The van der Waals surface area contributed by atoms with Crippen molar-refractivity contribution in [3.8, 4) is 0 Å². The molecule has 0 aliphatic carbocycles. The van der Waals surface area contributed by atoms with Crippen LogP contribution < -0.4 is 0 Å². The Morgan fingerprint density at radius 3 is 1.58 bits per heavy atom. The first kappa shape index (κ1) is 16.2. The third-order valence-electron chi connectivity index (χ3n) is 4.94. The van der Waals surface area contributed by atoms with Gasteiger partial charge in [0.05, 0.1) is 23.1 Å². The number of oxime groups is 1. The van der Waals surface area contributed by atoms with E-state index in [2.05, 4.69) is 10.4 Å². The van der Waals surface area contributed by atoms with E-state index in [0.717, 1.165) is 11.1 Å². The van der Waals surface area contributed by atoms with Crippen molar-refractivity contribution in [2.24, 2.45) is 22.3 Å². The first-order valence-corrected chi connectivity index (χ1v) is 8.12. The summed E-state index contributed by atoms with van der Waals surface area (Å²) in [6, 6.07) is 19.0. The first-order chi connectivity index (χ1) is 11.7. The summed E-state index contributed by atoms with van der Waals surface area (Å²) in [5.74, 6) is -0.241. The van der Waals surface area contributed by atoms with E-state index in [-0.39, 0.29) is 23.9 Å². The van der Waals surface area contributed by atoms with Gasteiger partial charge in [-0.2, -0.15) is 0 Å². The van der Waals surface area contributed by atoms with Crippen LogP contribution in [-0.2, 0) is 0 Å². The molecule has 124 valence electrons. The Labute approximate surface area is 141 Å².